The molecule has 0 saturated carbocycles. The number of amidine groups is 1. The van der Waals surface area contributed by atoms with Crippen LogP contribution < -0.4 is 14.8 Å². The van der Waals surface area contributed by atoms with Crippen LogP contribution in [0.3, 0.4) is 0 Å². The molecule has 102 valence electrons. The normalized spacial score (nSPS) is 22.4. The Bertz CT molecular complexity index is 490. The zero-order chi connectivity index (χ0) is 13.1. The van der Waals surface area contributed by atoms with Gasteiger partial charge in [0.25, 0.3) is 0 Å². The molecule has 1 aromatic rings. The van der Waals surface area contributed by atoms with Gasteiger partial charge >= 0.3 is 0 Å². The monoisotopic (exact) mass is 278 g/mol. The van der Waals surface area contributed by atoms with E-state index in [1.165, 1.54) is 0 Å². The first-order chi connectivity index (χ1) is 9.31. The number of benzene rings is 1. The number of fused-ring (bicyclic) bond motifs is 1. The molecule has 1 atom stereocenters. The standard InChI is InChI=1S/C14H18N2O2S/c1-10-5-8-19-14(15-10)16-11-3-4-12-13(9-11)18-7-2-6-17-12/h3-4,9-10H,2,5-8H2,1H3,(H,15,16). The van der Waals surface area contributed by atoms with Crippen LogP contribution in [-0.4, -0.2) is 30.2 Å². The maximum absolute atomic E-state index is 5.69. The van der Waals surface area contributed by atoms with Crippen LogP contribution in [0.5, 0.6) is 11.5 Å². The zero-order valence-corrected chi connectivity index (χ0v) is 11.8. The Morgan fingerprint density at radius 3 is 2.95 bits per heavy atom. The van der Waals surface area contributed by atoms with Crippen molar-refractivity contribution in [1.29, 1.82) is 0 Å². The molecule has 0 spiro atoms. The molecule has 2 heterocycles. The van der Waals surface area contributed by atoms with Crippen LogP contribution in [-0.2, 0) is 0 Å². The lowest BCUT2D eigenvalue weighted by Crippen LogP contribution is -2.17. The Kier molecular flexibility index (Phi) is 3.82. The molecular weight excluding hydrogens is 260 g/mol. The number of ether oxygens (including phenoxy) is 2. The summed E-state index contributed by atoms with van der Waals surface area (Å²) in [5.74, 6) is 2.77. The highest BCUT2D eigenvalue weighted by atomic mass is 32.2. The van der Waals surface area contributed by atoms with E-state index in [1.54, 1.807) is 11.8 Å². The summed E-state index contributed by atoms with van der Waals surface area (Å²) < 4.78 is 11.3. The summed E-state index contributed by atoms with van der Waals surface area (Å²) in [7, 11) is 0. The molecule has 0 bridgehead atoms. The molecule has 1 aromatic carbocycles. The largest absolute Gasteiger partial charge is 0.490 e. The predicted molar refractivity (Wildman–Crippen MR) is 79.6 cm³/mol. The van der Waals surface area contributed by atoms with Gasteiger partial charge in [0.2, 0.25) is 0 Å². The highest BCUT2D eigenvalue weighted by molar-refractivity contribution is 8.14. The molecule has 0 amide bonds. The lowest BCUT2D eigenvalue weighted by molar-refractivity contribution is 0.297. The summed E-state index contributed by atoms with van der Waals surface area (Å²) >= 11 is 1.77. The van der Waals surface area contributed by atoms with Gasteiger partial charge in [-0.25, -0.2) is 0 Å². The fourth-order valence-corrected chi connectivity index (χ4v) is 3.16. The van der Waals surface area contributed by atoms with E-state index in [9.17, 15) is 0 Å². The third-order valence-corrected chi connectivity index (χ3v) is 4.03. The average molecular weight is 278 g/mol. The summed E-state index contributed by atoms with van der Waals surface area (Å²) in [5, 5.41) is 4.35. The lowest BCUT2D eigenvalue weighted by atomic mass is 10.2. The molecular formula is C14H18N2O2S. The summed E-state index contributed by atoms with van der Waals surface area (Å²) in [4.78, 5) is 4.60. The van der Waals surface area contributed by atoms with Crippen molar-refractivity contribution in [1.82, 2.24) is 0 Å². The fourth-order valence-electron chi connectivity index (χ4n) is 2.06. The van der Waals surface area contributed by atoms with Crippen molar-refractivity contribution in [2.75, 3.05) is 24.3 Å². The fraction of sp³-hybridized carbons (Fsp3) is 0.500. The van der Waals surface area contributed by atoms with Gasteiger partial charge in [-0.15, -0.1) is 0 Å². The zero-order valence-electron chi connectivity index (χ0n) is 11.0. The van der Waals surface area contributed by atoms with Crippen LogP contribution in [0.15, 0.2) is 23.2 Å². The van der Waals surface area contributed by atoms with Gasteiger partial charge in [0, 0.05) is 23.9 Å². The molecule has 0 aromatic heterocycles. The van der Waals surface area contributed by atoms with Gasteiger partial charge in [-0.05, 0) is 25.5 Å². The van der Waals surface area contributed by atoms with Crippen LogP contribution >= 0.6 is 11.8 Å². The Morgan fingerprint density at radius 2 is 2.11 bits per heavy atom. The van der Waals surface area contributed by atoms with Crippen molar-refractivity contribution in [2.24, 2.45) is 4.99 Å². The first-order valence-corrected chi connectivity index (χ1v) is 7.67. The minimum Gasteiger partial charge on any atom is -0.490 e. The second kappa shape index (κ2) is 5.74. The van der Waals surface area contributed by atoms with Crippen LogP contribution in [0.1, 0.15) is 19.8 Å². The van der Waals surface area contributed by atoms with Crippen molar-refractivity contribution < 1.29 is 9.47 Å². The number of nitrogens with zero attached hydrogens (tertiary/aromatic N) is 1. The number of thioether (sulfide) groups is 1. The number of anilines is 1. The highest BCUT2D eigenvalue weighted by Gasteiger charge is 2.14. The number of aliphatic imine (C=N–C) groups is 1. The Labute approximate surface area is 117 Å². The van der Waals surface area contributed by atoms with Gasteiger partial charge in [0.15, 0.2) is 16.7 Å². The number of hydrogen-bond donors (Lipinski definition) is 1. The molecule has 1 unspecified atom stereocenters. The van der Waals surface area contributed by atoms with Crippen molar-refractivity contribution in [3.05, 3.63) is 18.2 Å². The van der Waals surface area contributed by atoms with Crippen molar-refractivity contribution in [3.63, 3.8) is 0 Å². The molecule has 5 heteroatoms. The third kappa shape index (κ3) is 3.15. The maximum atomic E-state index is 5.69. The summed E-state index contributed by atoms with van der Waals surface area (Å²) in [6, 6.07) is 6.36. The summed E-state index contributed by atoms with van der Waals surface area (Å²) in [5.41, 5.74) is 1.00. The van der Waals surface area contributed by atoms with Crippen molar-refractivity contribution in [3.8, 4) is 11.5 Å². The van der Waals surface area contributed by atoms with E-state index in [2.05, 4.69) is 17.2 Å². The Hall–Kier alpha value is -1.36. The molecule has 0 radical (unpaired) electrons. The second-order valence-corrected chi connectivity index (χ2v) is 5.84. The quantitative estimate of drug-likeness (QED) is 0.857. The molecule has 0 saturated heterocycles. The molecule has 2 aliphatic heterocycles. The predicted octanol–water partition coefficient (Wildman–Crippen LogP) is 3.14. The van der Waals surface area contributed by atoms with Crippen LogP contribution in [0.2, 0.25) is 0 Å². The summed E-state index contributed by atoms with van der Waals surface area (Å²) in [6.45, 7) is 3.58. The van der Waals surface area contributed by atoms with Gasteiger partial charge in [0.05, 0.1) is 19.3 Å². The maximum Gasteiger partial charge on any atom is 0.163 e. The van der Waals surface area contributed by atoms with Gasteiger partial charge in [0.1, 0.15) is 0 Å². The van der Waals surface area contributed by atoms with E-state index < -0.39 is 0 Å². The van der Waals surface area contributed by atoms with Crippen molar-refractivity contribution in [2.45, 2.75) is 25.8 Å². The van der Waals surface area contributed by atoms with Gasteiger partial charge in [-0.1, -0.05) is 11.8 Å². The van der Waals surface area contributed by atoms with E-state index in [0.29, 0.717) is 12.6 Å². The molecule has 1 N–H and O–H groups in total. The first-order valence-electron chi connectivity index (χ1n) is 6.68. The van der Waals surface area contributed by atoms with Crippen LogP contribution in [0.25, 0.3) is 0 Å². The molecule has 0 fully saturated rings. The number of rotatable bonds is 1. The third-order valence-electron chi connectivity index (χ3n) is 3.11. The number of hydrogen-bond acceptors (Lipinski definition) is 5. The van der Waals surface area contributed by atoms with E-state index in [1.807, 2.05) is 18.2 Å². The summed E-state index contributed by atoms with van der Waals surface area (Å²) in [6.07, 6.45) is 2.08. The molecule has 2 aliphatic rings. The smallest absolute Gasteiger partial charge is 0.163 e. The SMILES string of the molecule is CC1CCSC(Nc2ccc3c(c2)OCCCO3)=N1. The van der Waals surface area contributed by atoms with Crippen molar-refractivity contribution >= 4 is 22.6 Å². The van der Waals surface area contributed by atoms with Gasteiger partial charge in [-0.2, -0.15) is 0 Å². The van der Waals surface area contributed by atoms with Crippen LogP contribution in [0.4, 0.5) is 5.69 Å². The molecule has 4 nitrogen and oxygen atoms in total. The van der Waals surface area contributed by atoms with Crippen LogP contribution in [0, 0.1) is 0 Å². The second-order valence-electron chi connectivity index (χ2n) is 4.76. The van der Waals surface area contributed by atoms with E-state index in [-0.39, 0.29) is 0 Å². The Balaban J connectivity index is 1.76. The van der Waals surface area contributed by atoms with E-state index in [4.69, 9.17) is 9.47 Å². The minimum atomic E-state index is 0.407. The lowest BCUT2D eigenvalue weighted by Gasteiger charge is -2.18. The molecule has 19 heavy (non-hydrogen) atoms. The molecule has 3 rings (SSSR count). The first kappa shape index (κ1) is 12.7. The Morgan fingerprint density at radius 1 is 1.26 bits per heavy atom. The average Bonchev–Trinajstić information content (AvgIpc) is 2.63. The van der Waals surface area contributed by atoms with Gasteiger partial charge in [-0.3, -0.25) is 4.99 Å². The topological polar surface area (TPSA) is 42.8 Å². The van der Waals surface area contributed by atoms with Gasteiger partial charge < -0.3 is 14.8 Å². The van der Waals surface area contributed by atoms with E-state index >= 15 is 0 Å². The minimum absolute atomic E-state index is 0.407. The van der Waals surface area contributed by atoms with E-state index in [0.717, 1.165) is 47.6 Å². The highest BCUT2D eigenvalue weighted by Crippen LogP contribution is 2.32. The molecule has 0 aliphatic carbocycles. The number of nitrogens with one attached hydrogen (secondary N) is 1.